The lowest BCUT2D eigenvalue weighted by molar-refractivity contribution is 0.886. The number of rotatable bonds is 0. The first-order chi connectivity index (χ1) is 8.45. The van der Waals surface area contributed by atoms with Crippen LogP contribution in [0, 0.1) is 0 Å². The molecule has 1 N–H and O–H groups in total. The molecule has 17 heavy (non-hydrogen) atoms. The molecule has 3 aromatic heterocycles. The molecule has 4 heteroatoms. The van der Waals surface area contributed by atoms with Crippen molar-refractivity contribution >= 4 is 16.8 Å². The first-order valence-electron chi connectivity index (χ1n) is 6.20. The molecule has 0 saturated heterocycles. The minimum atomic E-state index is 0.877. The topological polar surface area (TPSA) is 46.0 Å². The Bertz CT molecular complexity index is 547. The van der Waals surface area contributed by atoms with Crippen molar-refractivity contribution in [3.05, 3.63) is 30.9 Å². The Balaban J connectivity index is 0.000000153. The normalized spacial score (nSPS) is 15.1. The van der Waals surface area contributed by atoms with E-state index in [2.05, 4.69) is 15.0 Å². The highest BCUT2D eigenvalue weighted by Crippen LogP contribution is 2.15. The molecule has 1 saturated carbocycles. The fourth-order valence-corrected chi connectivity index (χ4v) is 2.27. The quantitative estimate of drug-likeness (QED) is 0.642. The summed E-state index contributed by atoms with van der Waals surface area (Å²) in [6.07, 6.45) is 14.8. The Labute approximate surface area is 99.7 Å². The summed E-state index contributed by atoms with van der Waals surface area (Å²) in [5, 5.41) is 0. The molecule has 4 rings (SSSR count). The van der Waals surface area contributed by atoms with Crippen LogP contribution in [-0.4, -0.2) is 19.4 Å². The number of H-pyrrole nitrogens is 1. The molecule has 0 unspecified atom stereocenters. The van der Waals surface area contributed by atoms with Crippen molar-refractivity contribution in [1.82, 2.24) is 19.4 Å². The van der Waals surface area contributed by atoms with Gasteiger partial charge < -0.3 is 4.98 Å². The third-order valence-electron chi connectivity index (χ3n) is 3.19. The molecule has 0 aliphatic heterocycles. The predicted octanol–water partition coefficient (Wildman–Crippen LogP) is 3.16. The van der Waals surface area contributed by atoms with Crippen LogP contribution in [0.3, 0.4) is 0 Å². The molecule has 88 valence electrons. The van der Waals surface area contributed by atoms with Crippen molar-refractivity contribution in [2.45, 2.75) is 32.1 Å². The van der Waals surface area contributed by atoms with E-state index in [0.29, 0.717) is 0 Å². The molecule has 1 aliphatic rings. The largest absolute Gasteiger partial charge is 0.345 e. The molecular weight excluding hydrogens is 212 g/mol. The van der Waals surface area contributed by atoms with E-state index in [1.54, 1.807) is 12.4 Å². The van der Waals surface area contributed by atoms with Gasteiger partial charge >= 0.3 is 0 Å². The molecule has 3 aromatic rings. The summed E-state index contributed by atoms with van der Waals surface area (Å²) in [5.74, 6) is 0. The first kappa shape index (κ1) is 10.3. The van der Waals surface area contributed by atoms with E-state index >= 15 is 0 Å². The molecular formula is C13H16N4. The van der Waals surface area contributed by atoms with Crippen molar-refractivity contribution in [2.24, 2.45) is 0 Å². The second-order valence-electron chi connectivity index (χ2n) is 4.39. The zero-order chi connectivity index (χ0) is 11.5. The monoisotopic (exact) mass is 228 g/mol. The molecule has 0 atom stereocenters. The van der Waals surface area contributed by atoms with Gasteiger partial charge in [0.15, 0.2) is 11.3 Å². The lowest BCUT2D eigenvalue weighted by Gasteiger charge is -1.93. The minimum Gasteiger partial charge on any atom is -0.345 e. The SMILES string of the molecule is C1CCCC1.c1cn2c(cnc3[nH]ccc32)n1. The van der Waals surface area contributed by atoms with Gasteiger partial charge in [0.25, 0.3) is 0 Å². The molecule has 0 aromatic carbocycles. The Morgan fingerprint density at radius 3 is 2.59 bits per heavy atom. The fraction of sp³-hybridized carbons (Fsp3) is 0.385. The van der Waals surface area contributed by atoms with Gasteiger partial charge in [-0.2, -0.15) is 0 Å². The number of imidazole rings is 1. The van der Waals surface area contributed by atoms with E-state index in [1.165, 1.54) is 32.1 Å². The van der Waals surface area contributed by atoms with Gasteiger partial charge in [-0.3, -0.25) is 4.40 Å². The van der Waals surface area contributed by atoms with Gasteiger partial charge in [0.2, 0.25) is 0 Å². The van der Waals surface area contributed by atoms with Gasteiger partial charge in [-0.15, -0.1) is 0 Å². The average Bonchev–Trinajstić information content (AvgIpc) is 3.12. The van der Waals surface area contributed by atoms with Crippen LogP contribution < -0.4 is 0 Å². The van der Waals surface area contributed by atoms with Crippen LogP contribution in [0.15, 0.2) is 30.9 Å². The number of hydrogen-bond acceptors (Lipinski definition) is 2. The van der Waals surface area contributed by atoms with E-state index in [9.17, 15) is 0 Å². The van der Waals surface area contributed by atoms with Crippen LogP contribution in [0.25, 0.3) is 16.8 Å². The molecule has 1 fully saturated rings. The van der Waals surface area contributed by atoms with Crippen LogP contribution >= 0.6 is 0 Å². The lowest BCUT2D eigenvalue weighted by atomic mass is 10.4. The number of nitrogens with one attached hydrogen (secondary N) is 1. The minimum absolute atomic E-state index is 0.877. The molecule has 0 radical (unpaired) electrons. The van der Waals surface area contributed by atoms with E-state index in [1.807, 2.05) is 22.9 Å². The zero-order valence-corrected chi connectivity index (χ0v) is 9.76. The summed E-state index contributed by atoms with van der Waals surface area (Å²) in [4.78, 5) is 11.4. The molecule has 1 aliphatic carbocycles. The maximum atomic E-state index is 4.20. The zero-order valence-electron chi connectivity index (χ0n) is 9.76. The second kappa shape index (κ2) is 4.57. The van der Waals surface area contributed by atoms with Crippen LogP contribution in [0.5, 0.6) is 0 Å². The molecule has 0 bridgehead atoms. The number of hydrogen-bond donors (Lipinski definition) is 1. The third-order valence-corrected chi connectivity index (χ3v) is 3.19. The Morgan fingerprint density at radius 2 is 1.82 bits per heavy atom. The van der Waals surface area contributed by atoms with Gasteiger partial charge in [-0.25, -0.2) is 9.97 Å². The van der Waals surface area contributed by atoms with Crippen LogP contribution in [-0.2, 0) is 0 Å². The second-order valence-corrected chi connectivity index (χ2v) is 4.39. The van der Waals surface area contributed by atoms with Crippen LogP contribution in [0.1, 0.15) is 32.1 Å². The fourth-order valence-electron chi connectivity index (χ4n) is 2.27. The van der Waals surface area contributed by atoms with Crippen molar-refractivity contribution in [2.75, 3.05) is 0 Å². The lowest BCUT2D eigenvalue weighted by Crippen LogP contribution is -1.86. The number of fused-ring (bicyclic) bond motifs is 3. The number of aromatic nitrogens is 4. The first-order valence-corrected chi connectivity index (χ1v) is 6.20. The Morgan fingerprint density at radius 1 is 1.06 bits per heavy atom. The van der Waals surface area contributed by atoms with Crippen molar-refractivity contribution in [3.63, 3.8) is 0 Å². The maximum Gasteiger partial charge on any atom is 0.155 e. The molecule has 3 heterocycles. The Kier molecular flexibility index (Phi) is 2.78. The smallest absolute Gasteiger partial charge is 0.155 e. The summed E-state index contributed by atoms with van der Waals surface area (Å²) < 4.78 is 2.00. The Hall–Kier alpha value is -1.84. The summed E-state index contributed by atoms with van der Waals surface area (Å²) in [6, 6.07) is 1.98. The summed E-state index contributed by atoms with van der Waals surface area (Å²) in [7, 11) is 0. The molecule has 0 amide bonds. The van der Waals surface area contributed by atoms with E-state index in [4.69, 9.17) is 0 Å². The van der Waals surface area contributed by atoms with E-state index in [-0.39, 0.29) is 0 Å². The highest BCUT2D eigenvalue weighted by molar-refractivity contribution is 5.73. The standard InChI is InChI=1S/C8H6N4.C5H10/c1-2-10-8-6(1)12-4-3-9-7(12)5-11-8;1-2-4-5-3-1/h1-5,10H;1-5H2. The van der Waals surface area contributed by atoms with E-state index in [0.717, 1.165) is 16.8 Å². The van der Waals surface area contributed by atoms with Gasteiger partial charge in [0, 0.05) is 18.6 Å². The number of nitrogens with zero attached hydrogens (tertiary/aromatic N) is 3. The highest BCUT2D eigenvalue weighted by Gasteiger charge is 2.00. The molecule has 0 spiro atoms. The third kappa shape index (κ3) is 2.02. The predicted molar refractivity (Wildman–Crippen MR) is 67.9 cm³/mol. The number of aromatic amines is 1. The van der Waals surface area contributed by atoms with E-state index < -0.39 is 0 Å². The summed E-state index contributed by atoms with van der Waals surface area (Å²) in [6.45, 7) is 0. The van der Waals surface area contributed by atoms with Gasteiger partial charge in [-0.1, -0.05) is 32.1 Å². The summed E-state index contributed by atoms with van der Waals surface area (Å²) in [5.41, 5.74) is 2.83. The van der Waals surface area contributed by atoms with Crippen molar-refractivity contribution in [3.8, 4) is 0 Å². The van der Waals surface area contributed by atoms with Gasteiger partial charge in [0.05, 0.1) is 11.7 Å². The van der Waals surface area contributed by atoms with Crippen molar-refractivity contribution in [1.29, 1.82) is 0 Å². The van der Waals surface area contributed by atoms with Crippen molar-refractivity contribution < 1.29 is 0 Å². The molecule has 4 nitrogen and oxygen atoms in total. The van der Waals surface area contributed by atoms with Gasteiger partial charge in [-0.05, 0) is 6.07 Å². The van der Waals surface area contributed by atoms with Crippen LogP contribution in [0.2, 0.25) is 0 Å². The van der Waals surface area contributed by atoms with Crippen LogP contribution in [0.4, 0.5) is 0 Å². The van der Waals surface area contributed by atoms with Gasteiger partial charge in [0.1, 0.15) is 0 Å². The average molecular weight is 228 g/mol. The maximum absolute atomic E-state index is 4.20. The highest BCUT2D eigenvalue weighted by atomic mass is 15.0. The summed E-state index contributed by atoms with van der Waals surface area (Å²) >= 11 is 0.